The molecule has 0 saturated carbocycles. The molecule has 0 aliphatic carbocycles. The third-order valence-electron chi connectivity index (χ3n) is 5.41. The highest BCUT2D eigenvalue weighted by Gasteiger charge is 2.25. The molecule has 0 bridgehead atoms. The number of aromatic nitrogens is 1. The van der Waals surface area contributed by atoms with Gasteiger partial charge in [0.05, 0.1) is 10.4 Å². The third kappa shape index (κ3) is 3.99. The molecule has 1 fully saturated rings. The first-order valence-electron chi connectivity index (χ1n) is 10.3. The molecule has 4 aromatic rings. The molecule has 0 unspecified atom stereocenters. The van der Waals surface area contributed by atoms with Gasteiger partial charge in [-0.25, -0.2) is 0 Å². The summed E-state index contributed by atoms with van der Waals surface area (Å²) >= 11 is 2.68. The first-order valence-corrected chi connectivity index (χ1v) is 12.0. The number of benzene rings is 2. The smallest absolute Gasteiger partial charge is 0.282 e. The van der Waals surface area contributed by atoms with Gasteiger partial charge in [0, 0.05) is 26.9 Å². The van der Waals surface area contributed by atoms with E-state index >= 15 is 0 Å². The molecule has 1 aliphatic rings. The Bertz CT molecular complexity index is 1400. The van der Waals surface area contributed by atoms with E-state index in [1.54, 1.807) is 17.4 Å². The zero-order chi connectivity index (χ0) is 22.2. The van der Waals surface area contributed by atoms with Crippen molar-refractivity contribution in [1.82, 2.24) is 10.3 Å². The number of fused-ring (bicyclic) bond motifs is 1. The molecule has 3 heterocycles. The van der Waals surface area contributed by atoms with Crippen LogP contribution in [-0.2, 0) is 4.79 Å². The van der Waals surface area contributed by atoms with Crippen LogP contribution in [0.1, 0.15) is 30.9 Å². The number of thioether (sulfide) groups is 1. The second-order valence-corrected chi connectivity index (χ2v) is 10.0. The lowest BCUT2D eigenvalue weighted by Gasteiger charge is -2.07. The molecular formula is C26H20N2O2S2. The Labute approximate surface area is 194 Å². The zero-order valence-electron chi connectivity index (χ0n) is 17.6. The van der Waals surface area contributed by atoms with Crippen LogP contribution in [-0.4, -0.2) is 16.1 Å². The Balaban J connectivity index is 1.55. The van der Waals surface area contributed by atoms with Crippen LogP contribution in [0.25, 0.3) is 37.9 Å². The van der Waals surface area contributed by atoms with Gasteiger partial charge in [-0.15, -0.1) is 11.3 Å². The molecule has 5 rings (SSSR count). The summed E-state index contributed by atoms with van der Waals surface area (Å²) in [6, 6.07) is 21.0. The highest BCUT2D eigenvalue weighted by molar-refractivity contribution is 8.18. The minimum absolute atomic E-state index is 0.336. The predicted molar refractivity (Wildman–Crippen MR) is 134 cm³/mol. The van der Waals surface area contributed by atoms with E-state index in [4.69, 9.17) is 0 Å². The van der Waals surface area contributed by atoms with Gasteiger partial charge in [0.2, 0.25) is 0 Å². The Morgan fingerprint density at radius 2 is 1.81 bits per heavy atom. The van der Waals surface area contributed by atoms with Crippen molar-refractivity contribution in [2.75, 3.05) is 0 Å². The molecule has 1 aliphatic heterocycles. The van der Waals surface area contributed by atoms with Gasteiger partial charge in [-0.05, 0) is 70.8 Å². The van der Waals surface area contributed by atoms with Gasteiger partial charge in [0.25, 0.3) is 11.1 Å². The fourth-order valence-electron chi connectivity index (χ4n) is 3.73. The van der Waals surface area contributed by atoms with E-state index in [1.165, 1.54) is 16.0 Å². The molecule has 2 aromatic carbocycles. The highest BCUT2D eigenvalue weighted by atomic mass is 32.2. The van der Waals surface area contributed by atoms with Crippen molar-refractivity contribution in [3.8, 4) is 20.9 Å². The van der Waals surface area contributed by atoms with Crippen molar-refractivity contribution >= 4 is 51.2 Å². The average Bonchev–Trinajstić information content (AvgIpc) is 3.40. The summed E-state index contributed by atoms with van der Waals surface area (Å²) < 4.78 is 0. The molecule has 1 N–H and O–H groups in total. The van der Waals surface area contributed by atoms with Crippen molar-refractivity contribution in [2.45, 2.75) is 19.8 Å². The van der Waals surface area contributed by atoms with E-state index in [2.05, 4.69) is 60.5 Å². The molecule has 0 atom stereocenters. The fourth-order valence-corrected chi connectivity index (χ4v) is 5.45. The van der Waals surface area contributed by atoms with Crippen molar-refractivity contribution < 1.29 is 9.59 Å². The minimum atomic E-state index is -0.349. The van der Waals surface area contributed by atoms with Gasteiger partial charge >= 0.3 is 0 Å². The molecule has 0 radical (unpaired) electrons. The minimum Gasteiger partial charge on any atom is -0.282 e. The lowest BCUT2D eigenvalue weighted by molar-refractivity contribution is -0.115. The highest BCUT2D eigenvalue weighted by Crippen LogP contribution is 2.38. The Morgan fingerprint density at radius 3 is 2.59 bits per heavy atom. The predicted octanol–water partition coefficient (Wildman–Crippen LogP) is 7.08. The number of amides is 2. The molecule has 1 saturated heterocycles. The van der Waals surface area contributed by atoms with E-state index < -0.39 is 0 Å². The van der Waals surface area contributed by atoms with Crippen LogP contribution >= 0.6 is 23.1 Å². The van der Waals surface area contributed by atoms with Crippen LogP contribution in [0.3, 0.4) is 0 Å². The molecule has 158 valence electrons. The maximum absolute atomic E-state index is 11.9. The number of carbonyl (C=O) groups is 2. The number of carbonyl (C=O) groups excluding carboxylic acids is 2. The van der Waals surface area contributed by atoms with E-state index in [1.807, 2.05) is 30.5 Å². The topological polar surface area (TPSA) is 59.1 Å². The molecule has 4 nitrogen and oxygen atoms in total. The van der Waals surface area contributed by atoms with Crippen LogP contribution < -0.4 is 5.32 Å². The van der Waals surface area contributed by atoms with Gasteiger partial charge in [0.1, 0.15) is 0 Å². The van der Waals surface area contributed by atoms with Crippen molar-refractivity contribution in [3.63, 3.8) is 0 Å². The third-order valence-corrected chi connectivity index (χ3v) is 7.39. The van der Waals surface area contributed by atoms with E-state index in [0.29, 0.717) is 10.8 Å². The largest absolute Gasteiger partial charge is 0.290 e. The summed E-state index contributed by atoms with van der Waals surface area (Å²) in [6.45, 7) is 4.41. The summed E-state index contributed by atoms with van der Waals surface area (Å²) in [5, 5.41) is 2.98. The number of hydrogen-bond acceptors (Lipinski definition) is 5. The monoisotopic (exact) mass is 456 g/mol. The van der Waals surface area contributed by atoms with Gasteiger partial charge in [-0.3, -0.25) is 19.9 Å². The Kier molecular flexibility index (Phi) is 5.41. The van der Waals surface area contributed by atoms with E-state index in [9.17, 15) is 9.59 Å². The van der Waals surface area contributed by atoms with Gasteiger partial charge in [0.15, 0.2) is 0 Å². The molecule has 32 heavy (non-hydrogen) atoms. The van der Waals surface area contributed by atoms with E-state index in [0.717, 1.165) is 38.7 Å². The van der Waals surface area contributed by atoms with Crippen LogP contribution in [0.4, 0.5) is 4.79 Å². The van der Waals surface area contributed by atoms with Crippen molar-refractivity contribution in [2.24, 2.45) is 0 Å². The molecular weight excluding hydrogens is 436 g/mol. The SMILES string of the molecule is CC(C)c1cccc(-c2ccc(-c3ccnc4ccc(/C=C5\SC(=O)NC5=O)cc34)s2)c1. The molecule has 0 spiro atoms. The van der Waals surface area contributed by atoms with Crippen LogP contribution in [0, 0.1) is 0 Å². The van der Waals surface area contributed by atoms with Crippen LogP contribution in [0.5, 0.6) is 0 Å². The van der Waals surface area contributed by atoms with Crippen LogP contribution in [0.15, 0.2) is 71.8 Å². The average molecular weight is 457 g/mol. The number of pyridine rings is 1. The number of nitrogens with zero attached hydrogens (tertiary/aromatic N) is 1. The number of imide groups is 1. The van der Waals surface area contributed by atoms with Crippen molar-refractivity contribution in [1.29, 1.82) is 0 Å². The summed E-state index contributed by atoms with van der Waals surface area (Å²) in [4.78, 5) is 30.7. The van der Waals surface area contributed by atoms with Gasteiger partial charge in [-0.2, -0.15) is 0 Å². The van der Waals surface area contributed by atoms with Gasteiger partial charge < -0.3 is 0 Å². The Hall–Kier alpha value is -3.22. The number of hydrogen-bond donors (Lipinski definition) is 1. The first-order chi connectivity index (χ1) is 15.5. The molecule has 6 heteroatoms. The van der Waals surface area contributed by atoms with E-state index in [-0.39, 0.29) is 11.1 Å². The summed E-state index contributed by atoms with van der Waals surface area (Å²) in [5.74, 6) is 0.138. The second kappa shape index (κ2) is 8.37. The van der Waals surface area contributed by atoms with Gasteiger partial charge in [-0.1, -0.05) is 44.2 Å². The molecule has 2 amide bonds. The summed E-state index contributed by atoms with van der Waals surface area (Å²) in [6.07, 6.45) is 3.58. The maximum atomic E-state index is 11.9. The standard InChI is InChI=1S/C26H20N2O2S2/c1-15(2)17-4-3-5-18(14-17)22-8-9-23(31-22)19-10-11-27-21-7-6-16(12-20(19)21)13-24-25(29)28-26(30)32-24/h3-15H,1-2H3,(H,28,29,30)/b24-13-. The lowest BCUT2D eigenvalue weighted by Crippen LogP contribution is -2.17. The fraction of sp³-hybridized carbons (Fsp3) is 0.115. The van der Waals surface area contributed by atoms with Crippen LogP contribution in [0.2, 0.25) is 0 Å². The summed E-state index contributed by atoms with van der Waals surface area (Å²) in [7, 11) is 0. The quantitative estimate of drug-likeness (QED) is 0.333. The lowest BCUT2D eigenvalue weighted by atomic mass is 10.0. The van der Waals surface area contributed by atoms with Crippen molar-refractivity contribution in [3.05, 3.63) is 82.9 Å². The number of nitrogens with one attached hydrogen (secondary N) is 1. The zero-order valence-corrected chi connectivity index (χ0v) is 19.2. The molecule has 2 aromatic heterocycles. The number of thiophene rings is 1. The first kappa shape index (κ1) is 20.7. The maximum Gasteiger partial charge on any atom is 0.290 e. The summed E-state index contributed by atoms with van der Waals surface area (Å²) in [5.41, 5.74) is 5.41. The number of rotatable bonds is 4. The second-order valence-electron chi connectivity index (χ2n) is 7.93. The Morgan fingerprint density at radius 1 is 0.969 bits per heavy atom. The normalized spacial score (nSPS) is 15.2.